The monoisotopic (exact) mass is 238 g/mol. The number of benzene rings is 1. The molecule has 1 aliphatic heterocycles. The maximum Gasteiger partial charge on any atom is 0.123 e. The number of hydrogen-bond donors (Lipinski definition) is 1. The van der Waals surface area contributed by atoms with Crippen molar-refractivity contribution in [2.45, 2.75) is 13.0 Å². The van der Waals surface area contributed by atoms with Crippen LogP contribution >= 0.6 is 0 Å². The molecule has 2 rings (SSSR count). The van der Waals surface area contributed by atoms with E-state index in [-0.39, 0.29) is 5.82 Å². The molecule has 0 aromatic heterocycles. The molecule has 1 atom stereocenters. The van der Waals surface area contributed by atoms with E-state index in [1.807, 2.05) is 0 Å². The van der Waals surface area contributed by atoms with Gasteiger partial charge in [0.05, 0.1) is 6.61 Å². The third-order valence-corrected chi connectivity index (χ3v) is 3.27. The predicted molar refractivity (Wildman–Crippen MR) is 66.1 cm³/mol. The van der Waals surface area contributed by atoms with E-state index in [4.69, 9.17) is 10.5 Å². The van der Waals surface area contributed by atoms with E-state index < -0.39 is 0 Å². The highest BCUT2D eigenvalue weighted by Crippen LogP contribution is 2.21. The lowest BCUT2D eigenvalue weighted by Gasteiger charge is -2.17. The summed E-state index contributed by atoms with van der Waals surface area (Å²) in [7, 11) is 1.73. The van der Waals surface area contributed by atoms with E-state index in [1.165, 1.54) is 12.1 Å². The van der Waals surface area contributed by atoms with E-state index in [9.17, 15) is 4.39 Å². The van der Waals surface area contributed by atoms with Gasteiger partial charge in [-0.2, -0.15) is 0 Å². The number of halogens is 1. The minimum Gasteiger partial charge on any atom is -0.398 e. The largest absolute Gasteiger partial charge is 0.398 e. The number of hydrogen-bond acceptors (Lipinski definition) is 3. The zero-order valence-electron chi connectivity index (χ0n) is 10.2. The quantitative estimate of drug-likeness (QED) is 0.814. The summed E-state index contributed by atoms with van der Waals surface area (Å²) in [5, 5.41) is 0. The Bertz CT molecular complexity index is 384. The number of anilines is 1. The summed E-state index contributed by atoms with van der Waals surface area (Å²) >= 11 is 0. The Morgan fingerprint density at radius 3 is 3.12 bits per heavy atom. The van der Waals surface area contributed by atoms with Crippen LogP contribution in [-0.2, 0) is 11.3 Å². The van der Waals surface area contributed by atoms with Gasteiger partial charge >= 0.3 is 0 Å². The number of nitrogens with zero attached hydrogens (tertiary/aromatic N) is 1. The molecule has 0 amide bonds. The highest BCUT2D eigenvalue weighted by atomic mass is 19.1. The average Bonchev–Trinajstić information content (AvgIpc) is 2.72. The molecule has 1 unspecified atom stereocenters. The maximum atomic E-state index is 13.1. The van der Waals surface area contributed by atoms with Crippen LogP contribution in [0.3, 0.4) is 0 Å². The minimum absolute atomic E-state index is 0.221. The third-order valence-electron chi connectivity index (χ3n) is 3.27. The van der Waals surface area contributed by atoms with E-state index in [1.54, 1.807) is 13.2 Å². The van der Waals surface area contributed by atoms with E-state index in [2.05, 4.69) is 4.90 Å². The SMILES string of the molecule is COCC1CCN(Cc2cc(F)ccc2N)C1. The van der Waals surface area contributed by atoms with Crippen molar-refractivity contribution in [1.29, 1.82) is 0 Å². The van der Waals surface area contributed by atoms with Crippen molar-refractivity contribution in [2.75, 3.05) is 32.5 Å². The molecule has 4 heteroatoms. The van der Waals surface area contributed by atoms with Crippen molar-refractivity contribution in [3.05, 3.63) is 29.6 Å². The van der Waals surface area contributed by atoms with Crippen LogP contribution in [0.5, 0.6) is 0 Å². The summed E-state index contributed by atoms with van der Waals surface area (Å²) < 4.78 is 18.3. The fraction of sp³-hybridized carbons (Fsp3) is 0.538. The van der Waals surface area contributed by atoms with Gasteiger partial charge in [-0.05, 0) is 42.6 Å². The molecule has 1 saturated heterocycles. The summed E-state index contributed by atoms with van der Waals surface area (Å²) in [6.45, 7) is 3.56. The first kappa shape index (κ1) is 12.3. The first-order chi connectivity index (χ1) is 8.19. The van der Waals surface area contributed by atoms with E-state index in [0.29, 0.717) is 11.6 Å². The van der Waals surface area contributed by atoms with Gasteiger partial charge in [0.25, 0.3) is 0 Å². The molecule has 2 N–H and O–H groups in total. The smallest absolute Gasteiger partial charge is 0.123 e. The molecule has 0 saturated carbocycles. The number of nitrogen functional groups attached to an aromatic ring is 1. The fourth-order valence-corrected chi connectivity index (χ4v) is 2.38. The Hall–Kier alpha value is -1.13. The summed E-state index contributed by atoms with van der Waals surface area (Å²) in [5.41, 5.74) is 7.39. The van der Waals surface area contributed by atoms with Crippen molar-refractivity contribution in [3.8, 4) is 0 Å². The van der Waals surface area contributed by atoms with Crippen LogP contribution in [0.4, 0.5) is 10.1 Å². The lowest BCUT2D eigenvalue weighted by atomic mass is 10.1. The van der Waals surface area contributed by atoms with E-state index in [0.717, 1.165) is 38.2 Å². The van der Waals surface area contributed by atoms with Gasteiger partial charge in [-0.25, -0.2) is 4.39 Å². The Balaban J connectivity index is 1.95. The Morgan fingerprint density at radius 1 is 1.53 bits per heavy atom. The van der Waals surface area contributed by atoms with Crippen LogP contribution in [0.2, 0.25) is 0 Å². The lowest BCUT2D eigenvalue weighted by Crippen LogP contribution is -2.22. The van der Waals surface area contributed by atoms with Crippen molar-refractivity contribution in [2.24, 2.45) is 5.92 Å². The first-order valence-electron chi connectivity index (χ1n) is 5.94. The second kappa shape index (κ2) is 5.47. The van der Waals surface area contributed by atoms with Gasteiger partial charge in [0.15, 0.2) is 0 Å². The van der Waals surface area contributed by atoms with Gasteiger partial charge in [0.2, 0.25) is 0 Å². The topological polar surface area (TPSA) is 38.5 Å². The van der Waals surface area contributed by atoms with Gasteiger partial charge in [-0.1, -0.05) is 0 Å². The first-order valence-corrected chi connectivity index (χ1v) is 5.94. The van der Waals surface area contributed by atoms with Crippen LogP contribution in [0.25, 0.3) is 0 Å². The van der Waals surface area contributed by atoms with Gasteiger partial charge in [-0.15, -0.1) is 0 Å². The molecule has 3 nitrogen and oxygen atoms in total. The van der Waals surface area contributed by atoms with Crippen molar-refractivity contribution >= 4 is 5.69 Å². The summed E-state index contributed by atoms with van der Waals surface area (Å²) in [6, 6.07) is 4.56. The van der Waals surface area contributed by atoms with Gasteiger partial charge in [0, 0.05) is 25.9 Å². The molecule has 1 aliphatic rings. The highest BCUT2D eigenvalue weighted by molar-refractivity contribution is 5.46. The number of nitrogens with two attached hydrogens (primary N) is 1. The van der Waals surface area contributed by atoms with Gasteiger partial charge in [0.1, 0.15) is 5.82 Å². The zero-order chi connectivity index (χ0) is 12.3. The molecule has 94 valence electrons. The lowest BCUT2D eigenvalue weighted by molar-refractivity contribution is 0.152. The molecule has 1 fully saturated rings. The highest BCUT2D eigenvalue weighted by Gasteiger charge is 2.22. The van der Waals surface area contributed by atoms with Crippen LogP contribution < -0.4 is 5.73 Å². The predicted octanol–water partition coefficient (Wildman–Crippen LogP) is 1.88. The standard InChI is InChI=1S/C13H19FN2O/c1-17-9-10-4-5-16(7-10)8-11-6-12(14)2-3-13(11)15/h2-3,6,10H,4-5,7-9,15H2,1H3. The molecule has 0 spiro atoms. The molecular formula is C13H19FN2O. The minimum atomic E-state index is -0.221. The second-order valence-electron chi connectivity index (χ2n) is 4.69. The molecule has 0 aliphatic carbocycles. The summed E-state index contributed by atoms with van der Waals surface area (Å²) in [5.74, 6) is 0.372. The van der Waals surface area contributed by atoms with Crippen molar-refractivity contribution in [1.82, 2.24) is 4.90 Å². The normalized spacial score (nSPS) is 20.9. The number of ether oxygens (including phenoxy) is 1. The van der Waals surface area contributed by atoms with Crippen LogP contribution in [0, 0.1) is 11.7 Å². The zero-order valence-corrected chi connectivity index (χ0v) is 10.2. The molecule has 0 radical (unpaired) electrons. The molecule has 0 bridgehead atoms. The van der Waals surface area contributed by atoms with E-state index >= 15 is 0 Å². The number of likely N-dealkylation sites (tertiary alicyclic amines) is 1. The average molecular weight is 238 g/mol. The third kappa shape index (κ3) is 3.17. The van der Waals surface area contributed by atoms with Crippen LogP contribution in [0.1, 0.15) is 12.0 Å². The van der Waals surface area contributed by atoms with Gasteiger partial charge < -0.3 is 10.5 Å². The Morgan fingerprint density at radius 2 is 2.35 bits per heavy atom. The fourth-order valence-electron chi connectivity index (χ4n) is 2.38. The summed E-state index contributed by atoms with van der Waals surface area (Å²) in [4.78, 5) is 2.30. The molecule has 1 heterocycles. The summed E-state index contributed by atoms with van der Waals surface area (Å²) in [6.07, 6.45) is 1.14. The maximum absolute atomic E-state index is 13.1. The Labute approximate surface area is 101 Å². The molecular weight excluding hydrogens is 219 g/mol. The molecule has 17 heavy (non-hydrogen) atoms. The molecule has 1 aromatic carbocycles. The van der Waals surface area contributed by atoms with Crippen LogP contribution in [0.15, 0.2) is 18.2 Å². The molecule has 1 aromatic rings. The van der Waals surface area contributed by atoms with Crippen molar-refractivity contribution < 1.29 is 9.13 Å². The van der Waals surface area contributed by atoms with Crippen molar-refractivity contribution in [3.63, 3.8) is 0 Å². The number of methoxy groups -OCH3 is 1. The second-order valence-corrected chi connectivity index (χ2v) is 4.69. The van der Waals surface area contributed by atoms with Gasteiger partial charge in [-0.3, -0.25) is 4.90 Å². The Kier molecular flexibility index (Phi) is 3.97. The number of rotatable bonds is 4. The van der Waals surface area contributed by atoms with Crippen LogP contribution in [-0.4, -0.2) is 31.7 Å².